The molecule has 0 bridgehead atoms. The average Bonchev–Trinajstić information content (AvgIpc) is 3.46. The molecule has 1 aliphatic rings. The van der Waals surface area contributed by atoms with Crippen LogP contribution in [0.3, 0.4) is 0 Å². The van der Waals surface area contributed by atoms with Gasteiger partial charge in [0.25, 0.3) is 0 Å². The number of esters is 1. The fraction of sp³-hybridized carbons (Fsp3) is 0.200. The number of ether oxygens (including phenoxy) is 1. The van der Waals surface area contributed by atoms with Crippen LogP contribution in [-0.2, 0) is 9.53 Å². The fourth-order valence-corrected chi connectivity index (χ4v) is 2.59. The summed E-state index contributed by atoms with van der Waals surface area (Å²) in [6.45, 7) is 0. The number of aromatic hydroxyl groups is 2. The van der Waals surface area contributed by atoms with Gasteiger partial charge >= 0.3 is 5.97 Å². The Hall–Kier alpha value is -3.26. The van der Waals surface area contributed by atoms with E-state index in [9.17, 15) is 20.3 Å². The highest BCUT2D eigenvalue weighted by atomic mass is 16.5. The summed E-state index contributed by atoms with van der Waals surface area (Å²) in [7, 11) is 0. The van der Waals surface area contributed by atoms with E-state index in [1.165, 1.54) is 24.3 Å². The van der Waals surface area contributed by atoms with E-state index in [2.05, 4.69) is 0 Å². The second-order valence-electron chi connectivity index (χ2n) is 5.99. The molecule has 5 nitrogen and oxygen atoms in total. The van der Waals surface area contributed by atoms with Crippen molar-refractivity contribution in [3.05, 3.63) is 65.2 Å². The number of hydrogen-bond donors (Lipinski definition) is 2. The van der Waals surface area contributed by atoms with E-state index in [1.54, 1.807) is 0 Å². The third-order valence-corrected chi connectivity index (χ3v) is 4.06. The van der Waals surface area contributed by atoms with Crippen molar-refractivity contribution in [2.75, 3.05) is 0 Å². The van der Waals surface area contributed by atoms with Crippen LogP contribution < -0.4 is 0 Å². The Balaban J connectivity index is 1.81. The standard InChI is InChI=1S/C20H17NO4/c21-12-16(10-13-6-9-17(22)18(23)11-13)20(24)25-19(15-7-8-15)14-4-2-1-3-5-14/h1-6,9-11,15,19,22-23H,7-8H2/b16-10+/t19-/m1/s1. The molecule has 3 rings (SSSR count). The Labute approximate surface area is 145 Å². The first-order valence-corrected chi connectivity index (χ1v) is 7.98. The molecule has 0 unspecified atom stereocenters. The summed E-state index contributed by atoms with van der Waals surface area (Å²) in [5.41, 5.74) is 1.18. The molecule has 2 N–H and O–H groups in total. The minimum atomic E-state index is -0.698. The molecule has 1 saturated carbocycles. The molecule has 1 atom stereocenters. The van der Waals surface area contributed by atoms with Crippen molar-refractivity contribution in [2.24, 2.45) is 5.92 Å². The second kappa shape index (κ2) is 7.10. The van der Waals surface area contributed by atoms with Gasteiger partial charge in [0.05, 0.1) is 0 Å². The highest BCUT2D eigenvalue weighted by Gasteiger charge is 2.35. The maximum Gasteiger partial charge on any atom is 0.349 e. The van der Waals surface area contributed by atoms with Gasteiger partial charge in [0, 0.05) is 5.92 Å². The molecular weight excluding hydrogens is 318 g/mol. The van der Waals surface area contributed by atoms with Gasteiger partial charge in [-0.05, 0) is 42.2 Å². The van der Waals surface area contributed by atoms with Crippen molar-refractivity contribution < 1.29 is 19.7 Å². The number of phenolic OH excluding ortho intramolecular Hbond substituents is 2. The van der Waals surface area contributed by atoms with Crippen LogP contribution >= 0.6 is 0 Å². The summed E-state index contributed by atoms with van der Waals surface area (Å²) in [5, 5.41) is 28.1. The molecule has 126 valence electrons. The number of hydrogen-bond acceptors (Lipinski definition) is 5. The molecule has 0 aliphatic heterocycles. The van der Waals surface area contributed by atoms with Crippen LogP contribution in [0.5, 0.6) is 11.5 Å². The zero-order chi connectivity index (χ0) is 17.8. The zero-order valence-corrected chi connectivity index (χ0v) is 13.4. The lowest BCUT2D eigenvalue weighted by molar-refractivity contribution is -0.145. The highest BCUT2D eigenvalue weighted by Crippen LogP contribution is 2.43. The second-order valence-corrected chi connectivity index (χ2v) is 5.99. The van der Waals surface area contributed by atoms with E-state index in [0.717, 1.165) is 18.4 Å². The van der Waals surface area contributed by atoms with E-state index in [4.69, 9.17) is 4.74 Å². The maximum atomic E-state index is 12.4. The molecule has 0 heterocycles. The Morgan fingerprint density at radius 1 is 1.16 bits per heavy atom. The smallest absolute Gasteiger partial charge is 0.349 e. The lowest BCUT2D eigenvalue weighted by Gasteiger charge is -2.17. The first-order valence-electron chi connectivity index (χ1n) is 7.98. The number of phenols is 2. The quantitative estimate of drug-likeness (QED) is 0.376. The van der Waals surface area contributed by atoms with Crippen LogP contribution in [-0.4, -0.2) is 16.2 Å². The average molecular weight is 335 g/mol. The molecule has 0 aromatic heterocycles. The summed E-state index contributed by atoms with van der Waals surface area (Å²) in [5.74, 6) is -1.00. The van der Waals surface area contributed by atoms with Crippen LogP contribution in [0.4, 0.5) is 0 Å². The van der Waals surface area contributed by atoms with Gasteiger partial charge in [0.15, 0.2) is 11.5 Å². The molecule has 2 aromatic rings. The van der Waals surface area contributed by atoms with Crippen molar-refractivity contribution in [2.45, 2.75) is 18.9 Å². The number of carbonyl (C=O) groups excluding carboxylic acids is 1. The van der Waals surface area contributed by atoms with E-state index < -0.39 is 5.97 Å². The van der Waals surface area contributed by atoms with Crippen molar-refractivity contribution in [1.29, 1.82) is 5.26 Å². The van der Waals surface area contributed by atoms with Gasteiger partial charge in [-0.15, -0.1) is 0 Å². The van der Waals surface area contributed by atoms with Crippen LogP contribution in [0, 0.1) is 17.2 Å². The summed E-state index contributed by atoms with van der Waals surface area (Å²) in [4.78, 5) is 12.4. The third-order valence-electron chi connectivity index (χ3n) is 4.06. The number of carbonyl (C=O) groups is 1. The molecule has 2 aromatic carbocycles. The summed E-state index contributed by atoms with van der Waals surface area (Å²) in [6, 6.07) is 15.4. The van der Waals surface area contributed by atoms with Gasteiger partial charge in [-0.1, -0.05) is 36.4 Å². The lowest BCUT2D eigenvalue weighted by atomic mass is 10.1. The highest BCUT2D eigenvalue weighted by molar-refractivity contribution is 5.98. The van der Waals surface area contributed by atoms with Gasteiger partial charge in [-0.2, -0.15) is 5.26 Å². The van der Waals surface area contributed by atoms with Gasteiger partial charge in [0.2, 0.25) is 0 Å². The van der Waals surface area contributed by atoms with Crippen molar-refractivity contribution in [3.8, 4) is 17.6 Å². The zero-order valence-electron chi connectivity index (χ0n) is 13.4. The molecule has 0 radical (unpaired) electrons. The summed E-state index contributed by atoms with van der Waals surface area (Å²) < 4.78 is 5.60. The number of benzene rings is 2. The van der Waals surface area contributed by atoms with Crippen molar-refractivity contribution in [3.63, 3.8) is 0 Å². The van der Waals surface area contributed by atoms with Crippen LogP contribution in [0.15, 0.2) is 54.1 Å². The Morgan fingerprint density at radius 3 is 2.48 bits per heavy atom. The molecule has 25 heavy (non-hydrogen) atoms. The lowest BCUT2D eigenvalue weighted by Crippen LogP contribution is -2.14. The van der Waals surface area contributed by atoms with Gasteiger partial charge in [0.1, 0.15) is 17.7 Å². The van der Waals surface area contributed by atoms with Crippen LogP contribution in [0.2, 0.25) is 0 Å². The number of nitriles is 1. The first-order chi connectivity index (χ1) is 12.1. The van der Waals surface area contributed by atoms with E-state index in [0.29, 0.717) is 5.56 Å². The Morgan fingerprint density at radius 2 is 1.88 bits per heavy atom. The topological polar surface area (TPSA) is 90.5 Å². The van der Waals surface area contributed by atoms with Gasteiger partial charge < -0.3 is 14.9 Å². The van der Waals surface area contributed by atoms with Crippen molar-refractivity contribution in [1.82, 2.24) is 0 Å². The summed E-state index contributed by atoms with van der Waals surface area (Å²) >= 11 is 0. The molecule has 0 saturated heterocycles. The monoisotopic (exact) mass is 335 g/mol. The summed E-state index contributed by atoms with van der Waals surface area (Å²) in [6.07, 6.45) is 2.95. The van der Waals surface area contributed by atoms with Crippen molar-refractivity contribution >= 4 is 12.0 Å². The molecule has 1 aliphatic carbocycles. The Bertz CT molecular complexity index is 848. The van der Waals surface area contributed by atoms with E-state index in [-0.39, 0.29) is 29.1 Å². The largest absolute Gasteiger partial charge is 0.504 e. The van der Waals surface area contributed by atoms with Gasteiger partial charge in [-0.25, -0.2) is 4.79 Å². The maximum absolute atomic E-state index is 12.4. The number of nitrogens with zero attached hydrogens (tertiary/aromatic N) is 1. The minimum Gasteiger partial charge on any atom is -0.504 e. The van der Waals surface area contributed by atoms with E-state index >= 15 is 0 Å². The number of rotatable bonds is 5. The van der Waals surface area contributed by atoms with Crippen LogP contribution in [0.1, 0.15) is 30.1 Å². The molecule has 0 spiro atoms. The fourth-order valence-electron chi connectivity index (χ4n) is 2.59. The van der Waals surface area contributed by atoms with Gasteiger partial charge in [-0.3, -0.25) is 0 Å². The predicted octanol–water partition coefficient (Wildman–Crippen LogP) is 3.70. The SMILES string of the molecule is N#C/C(=C\c1ccc(O)c(O)c1)C(=O)O[C@H](c1ccccc1)C1CC1. The molecule has 5 heteroatoms. The molecule has 1 fully saturated rings. The third kappa shape index (κ3) is 3.99. The molecular formula is C20H17NO4. The first kappa shape index (κ1) is 16.6. The normalized spacial score (nSPS) is 15.2. The Kier molecular flexibility index (Phi) is 4.71. The molecule has 0 amide bonds. The van der Waals surface area contributed by atoms with E-state index in [1.807, 2.05) is 36.4 Å². The minimum absolute atomic E-state index is 0.160. The van der Waals surface area contributed by atoms with Crippen LogP contribution in [0.25, 0.3) is 6.08 Å². The predicted molar refractivity (Wildman–Crippen MR) is 91.4 cm³/mol.